The molecule has 0 aliphatic rings. The Labute approximate surface area is 79.9 Å². The Bertz CT molecular complexity index is 464. The molecule has 2 aromatic rings. The Morgan fingerprint density at radius 2 is 2.43 bits per heavy atom. The standard InChI is InChI=1S/C9H10N3O2/c13-12(14)5-3-7-6-11-9-8(7)2-1-4-10-9/h1-2,4,6H,3,5H2,(H,10,11)(H,13,14)/q+1. The number of nitrogens with zero attached hydrogens (tertiary/aromatic N) is 2. The van der Waals surface area contributed by atoms with Gasteiger partial charge in [-0.3, -0.25) is 0 Å². The van der Waals surface area contributed by atoms with E-state index in [1.165, 1.54) is 0 Å². The molecule has 72 valence electrons. The number of H-pyrrole nitrogens is 1. The van der Waals surface area contributed by atoms with Crippen molar-refractivity contribution in [2.24, 2.45) is 0 Å². The number of hydrogen-bond donors (Lipinski definition) is 2. The molecule has 0 radical (unpaired) electrons. The molecule has 0 saturated carbocycles. The van der Waals surface area contributed by atoms with E-state index in [0.29, 0.717) is 6.42 Å². The van der Waals surface area contributed by atoms with E-state index < -0.39 is 0 Å². The smallest absolute Gasteiger partial charge is 0.252 e. The zero-order valence-corrected chi connectivity index (χ0v) is 7.47. The lowest BCUT2D eigenvalue weighted by Crippen LogP contribution is -2.06. The van der Waals surface area contributed by atoms with Gasteiger partial charge in [0, 0.05) is 24.2 Å². The molecule has 5 nitrogen and oxygen atoms in total. The molecule has 2 rings (SSSR count). The summed E-state index contributed by atoms with van der Waals surface area (Å²) < 4.78 is 0. The number of aromatic amines is 1. The van der Waals surface area contributed by atoms with Crippen LogP contribution in [0.3, 0.4) is 0 Å². The minimum Gasteiger partial charge on any atom is -0.346 e. The molecule has 0 atom stereocenters. The summed E-state index contributed by atoms with van der Waals surface area (Å²) in [7, 11) is 0. The number of pyridine rings is 1. The summed E-state index contributed by atoms with van der Waals surface area (Å²) >= 11 is 0. The Kier molecular flexibility index (Phi) is 2.14. The van der Waals surface area contributed by atoms with Crippen LogP contribution in [0.2, 0.25) is 0 Å². The third-order valence-corrected chi connectivity index (χ3v) is 2.11. The fourth-order valence-corrected chi connectivity index (χ4v) is 1.44. The van der Waals surface area contributed by atoms with E-state index in [-0.39, 0.29) is 11.5 Å². The van der Waals surface area contributed by atoms with Crippen LogP contribution in [0.25, 0.3) is 11.0 Å². The Hall–Kier alpha value is -1.91. The molecule has 0 bridgehead atoms. The molecule has 0 amide bonds. The van der Waals surface area contributed by atoms with Crippen molar-refractivity contribution in [3.63, 3.8) is 0 Å². The van der Waals surface area contributed by atoms with Crippen molar-refractivity contribution < 1.29 is 10.1 Å². The summed E-state index contributed by atoms with van der Waals surface area (Å²) in [6, 6.07) is 3.77. The van der Waals surface area contributed by atoms with Gasteiger partial charge in [-0.15, -0.1) is 0 Å². The average molecular weight is 192 g/mol. The van der Waals surface area contributed by atoms with Gasteiger partial charge in [-0.2, -0.15) is 0 Å². The van der Waals surface area contributed by atoms with Gasteiger partial charge in [-0.25, -0.2) is 10.2 Å². The highest BCUT2D eigenvalue weighted by Gasteiger charge is 2.09. The van der Waals surface area contributed by atoms with Gasteiger partial charge in [0.25, 0.3) is 6.54 Å². The van der Waals surface area contributed by atoms with Crippen molar-refractivity contribution in [3.8, 4) is 0 Å². The second-order valence-corrected chi connectivity index (χ2v) is 3.04. The van der Waals surface area contributed by atoms with Gasteiger partial charge < -0.3 is 4.98 Å². The fraction of sp³-hybridized carbons (Fsp3) is 0.222. The van der Waals surface area contributed by atoms with Crippen molar-refractivity contribution in [2.45, 2.75) is 6.42 Å². The van der Waals surface area contributed by atoms with E-state index in [1.807, 2.05) is 12.1 Å². The molecular weight excluding hydrogens is 182 g/mol. The number of nitrogens with one attached hydrogen (secondary N) is 1. The zero-order chi connectivity index (χ0) is 9.97. The molecule has 2 heterocycles. The molecule has 14 heavy (non-hydrogen) atoms. The highest BCUT2D eigenvalue weighted by Crippen LogP contribution is 2.15. The monoisotopic (exact) mass is 192 g/mol. The normalized spacial score (nSPS) is 10.6. The molecule has 0 saturated heterocycles. The second kappa shape index (κ2) is 3.45. The predicted molar refractivity (Wildman–Crippen MR) is 50.1 cm³/mol. The highest BCUT2D eigenvalue weighted by atomic mass is 16.6. The van der Waals surface area contributed by atoms with E-state index in [2.05, 4.69) is 9.97 Å². The van der Waals surface area contributed by atoms with E-state index in [0.717, 1.165) is 16.6 Å². The van der Waals surface area contributed by atoms with Crippen LogP contribution < -0.4 is 0 Å². The van der Waals surface area contributed by atoms with Gasteiger partial charge in [0.15, 0.2) is 0 Å². The molecule has 0 spiro atoms. The minimum absolute atomic E-state index is 0.0603. The minimum atomic E-state index is -0.0603. The predicted octanol–water partition coefficient (Wildman–Crippen LogP) is 1.27. The van der Waals surface area contributed by atoms with Gasteiger partial charge in [0.05, 0.1) is 4.91 Å². The number of hydrogen-bond acceptors (Lipinski definition) is 2. The average Bonchev–Trinajstić information content (AvgIpc) is 2.58. The first-order valence-electron chi connectivity index (χ1n) is 4.32. The largest absolute Gasteiger partial charge is 0.346 e. The first kappa shape index (κ1) is 8.68. The number of rotatable bonds is 3. The quantitative estimate of drug-likeness (QED) is 0.719. The maximum absolute atomic E-state index is 10.3. The summed E-state index contributed by atoms with van der Waals surface area (Å²) in [5, 5.41) is 9.47. The second-order valence-electron chi connectivity index (χ2n) is 3.04. The molecule has 0 unspecified atom stereocenters. The van der Waals surface area contributed by atoms with Crippen LogP contribution in [-0.2, 0) is 6.42 Å². The first-order chi connectivity index (χ1) is 6.77. The molecule has 0 aliphatic carbocycles. The first-order valence-corrected chi connectivity index (χ1v) is 4.32. The molecule has 0 aliphatic heterocycles. The summed E-state index contributed by atoms with van der Waals surface area (Å²) in [5.41, 5.74) is 1.79. The van der Waals surface area contributed by atoms with Gasteiger partial charge in [-0.1, -0.05) is 0 Å². The zero-order valence-electron chi connectivity index (χ0n) is 7.47. The molecule has 0 fully saturated rings. The van der Waals surface area contributed by atoms with Crippen molar-refractivity contribution in [1.29, 1.82) is 0 Å². The summed E-state index contributed by atoms with van der Waals surface area (Å²) in [5.74, 6) is 0. The third kappa shape index (κ3) is 1.56. The fourth-order valence-electron chi connectivity index (χ4n) is 1.44. The van der Waals surface area contributed by atoms with E-state index in [9.17, 15) is 4.91 Å². The van der Waals surface area contributed by atoms with Crippen LogP contribution >= 0.6 is 0 Å². The van der Waals surface area contributed by atoms with Crippen LogP contribution in [0.4, 0.5) is 0 Å². The lowest BCUT2D eigenvalue weighted by atomic mass is 10.1. The maximum atomic E-state index is 10.3. The van der Waals surface area contributed by atoms with Crippen LogP contribution in [0.1, 0.15) is 5.56 Å². The summed E-state index contributed by atoms with van der Waals surface area (Å²) in [4.78, 5) is 17.4. The van der Waals surface area contributed by atoms with Gasteiger partial charge in [-0.05, 0) is 17.7 Å². The summed E-state index contributed by atoms with van der Waals surface area (Å²) in [6.45, 7) is 0.0713. The van der Waals surface area contributed by atoms with E-state index >= 15 is 0 Å². The van der Waals surface area contributed by atoms with E-state index in [1.54, 1.807) is 12.4 Å². The van der Waals surface area contributed by atoms with Crippen molar-refractivity contribution >= 4 is 11.0 Å². The number of fused-ring (bicyclic) bond motifs is 1. The SMILES string of the molecule is O=[N+](O)CCc1c[nH]c2ncccc12. The van der Waals surface area contributed by atoms with Crippen LogP contribution in [0, 0.1) is 4.91 Å². The van der Waals surface area contributed by atoms with Crippen LogP contribution in [0.15, 0.2) is 24.5 Å². The lowest BCUT2D eigenvalue weighted by Gasteiger charge is -1.91. The summed E-state index contributed by atoms with van der Waals surface area (Å²) in [6.07, 6.45) is 4.02. The van der Waals surface area contributed by atoms with E-state index in [4.69, 9.17) is 5.21 Å². The molecule has 2 N–H and O–H groups in total. The van der Waals surface area contributed by atoms with Crippen molar-refractivity contribution in [3.05, 3.63) is 35.0 Å². The maximum Gasteiger partial charge on any atom is 0.252 e. The Balaban J connectivity index is 2.29. The van der Waals surface area contributed by atoms with Crippen LogP contribution in [0.5, 0.6) is 0 Å². The van der Waals surface area contributed by atoms with Gasteiger partial charge >= 0.3 is 0 Å². The Morgan fingerprint density at radius 1 is 1.57 bits per heavy atom. The Morgan fingerprint density at radius 3 is 3.21 bits per heavy atom. The molecular formula is C9H10N3O2+. The van der Waals surface area contributed by atoms with Gasteiger partial charge in [0.2, 0.25) is 4.92 Å². The van der Waals surface area contributed by atoms with Crippen molar-refractivity contribution in [1.82, 2.24) is 9.97 Å². The molecule has 5 heteroatoms. The van der Waals surface area contributed by atoms with Gasteiger partial charge in [0.1, 0.15) is 5.65 Å². The molecule has 0 aromatic carbocycles. The third-order valence-electron chi connectivity index (χ3n) is 2.11. The van der Waals surface area contributed by atoms with Crippen LogP contribution in [-0.4, -0.2) is 26.6 Å². The topological polar surface area (TPSA) is 69.0 Å². The highest BCUT2D eigenvalue weighted by molar-refractivity contribution is 5.79. The molecule has 2 aromatic heterocycles. The number of aromatic nitrogens is 2. The lowest BCUT2D eigenvalue weighted by molar-refractivity contribution is -0.790. The van der Waals surface area contributed by atoms with Crippen molar-refractivity contribution in [2.75, 3.05) is 6.54 Å².